The zero-order valence-corrected chi connectivity index (χ0v) is 13.3. The number of benzene rings is 2. The lowest BCUT2D eigenvalue weighted by Crippen LogP contribution is -2.19. The highest BCUT2D eigenvalue weighted by atomic mass is 32.1. The molecule has 0 aliphatic carbocycles. The molecule has 2 aromatic carbocycles. The quantitative estimate of drug-likeness (QED) is 0.492. The van der Waals surface area contributed by atoms with Crippen molar-refractivity contribution in [2.45, 2.75) is 0 Å². The summed E-state index contributed by atoms with van der Waals surface area (Å²) in [6.45, 7) is 0. The second kappa shape index (κ2) is 7.41. The highest BCUT2D eigenvalue weighted by Crippen LogP contribution is 2.29. The minimum Gasteiger partial charge on any atom is -0.497 e. The van der Waals surface area contributed by atoms with Crippen molar-refractivity contribution in [1.82, 2.24) is 0 Å². The minimum atomic E-state index is -0.456. The summed E-state index contributed by atoms with van der Waals surface area (Å²) in [5.41, 5.74) is 1.33. The number of nitrogens with zero attached hydrogens (tertiary/aromatic N) is 1. The minimum absolute atomic E-state index is 0.0197. The van der Waals surface area contributed by atoms with Gasteiger partial charge < -0.3 is 20.1 Å². The van der Waals surface area contributed by atoms with E-state index in [1.54, 1.807) is 44.6 Å². The molecule has 120 valence electrons. The standard InChI is InChI=1S/C15H15N3O4S/c1-21-12-7-8-13(14(9-12)22-2)17-15(23)16-10-3-5-11(6-4-10)18(19)20/h3-9H,1-2H3,(H2,16,17,23). The van der Waals surface area contributed by atoms with Crippen LogP contribution >= 0.6 is 12.2 Å². The Bertz CT molecular complexity index is 719. The molecule has 0 saturated carbocycles. The lowest BCUT2D eigenvalue weighted by Gasteiger charge is -2.14. The number of rotatable bonds is 5. The second-order valence-corrected chi connectivity index (χ2v) is 4.86. The molecule has 2 aromatic rings. The maximum atomic E-state index is 10.6. The smallest absolute Gasteiger partial charge is 0.269 e. The Kier molecular flexibility index (Phi) is 5.32. The average Bonchev–Trinajstić information content (AvgIpc) is 2.55. The summed E-state index contributed by atoms with van der Waals surface area (Å²) in [4.78, 5) is 10.2. The molecule has 0 amide bonds. The number of nitrogens with one attached hydrogen (secondary N) is 2. The predicted octanol–water partition coefficient (Wildman–Crippen LogP) is 3.42. The van der Waals surface area contributed by atoms with Crippen molar-refractivity contribution >= 4 is 34.4 Å². The van der Waals surface area contributed by atoms with E-state index in [1.807, 2.05) is 0 Å². The molecular weight excluding hydrogens is 318 g/mol. The molecule has 8 heteroatoms. The van der Waals surface area contributed by atoms with Crippen molar-refractivity contribution < 1.29 is 14.4 Å². The van der Waals surface area contributed by atoms with E-state index in [0.29, 0.717) is 28.0 Å². The number of methoxy groups -OCH3 is 2. The molecule has 0 fully saturated rings. The summed E-state index contributed by atoms with van der Waals surface area (Å²) in [5.74, 6) is 1.25. The van der Waals surface area contributed by atoms with Crippen LogP contribution in [0.5, 0.6) is 11.5 Å². The molecule has 0 aliphatic heterocycles. The van der Waals surface area contributed by atoms with Crippen LogP contribution in [0.1, 0.15) is 0 Å². The van der Waals surface area contributed by atoms with Gasteiger partial charge in [-0.05, 0) is 36.5 Å². The van der Waals surface area contributed by atoms with E-state index >= 15 is 0 Å². The fraction of sp³-hybridized carbons (Fsp3) is 0.133. The zero-order chi connectivity index (χ0) is 16.8. The number of anilines is 2. The van der Waals surface area contributed by atoms with Crippen LogP contribution in [0.15, 0.2) is 42.5 Å². The molecule has 0 spiro atoms. The largest absolute Gasteiger partial charge is 0.497 e. The van der Waals surface area contributed by atoms with Crippen LogP contribution in [-0.4, -0.2) is 24.3 Å². The molecule has 0 aromatic heterocycles. The SMILES string of the molecule is COc1ccc(NC(=S)Nc2ccc([N+](=O)[O-])cc2)c(OC)c1. The fourth-order valence-electron chi connectivity index (χ4n) is 1.85. The number of ether oxygens (including phenoxy) is 2. The molecule has 23 heavy (non-hydrogen) atoms. The van der Waals surface area contributed by atoms with Crippen molar-refractivity contribution in [2.75, 3.05) is 24.9 Å². The Morgan fingerprint density at radius 1 is 1.09 bits per heavy atom. The molecule has 0 unspecified atom stereocenters. The van der Waals surface area contributed by atoms with Gasteiger partial charge in [-0.2, -0.15) is 0 Å². The predicted molar refractivity (Wildman–Crippen MR) is 92.5 cm³/mol. The molecule has 0 aliphatic rings. The Hall–Kier alpha value is -2.87. The Morgan fingerprint density at radius 3 is 2.35 bits per heavy atom. The van der Waals surface area contributed by atoms with Gasteiger partial charge >= 0.3 is 0 Å². The number of thiocarbonyl (C=S) groups is 1. The maximum absolute atomic E-state index is 10.6. The highest BCUT2D eigenvalue weighted by molar-refractivity contribution is 7.80. The molecule has 2 rings (SSSR count). The monoisotopic (exact) mass is 333 g/mol. The van der Waals surface area contributed by atoms with Crippen LogP contribution in [0.3, 0.4) is 0 Å². The van der Waals surface area contributed by atoms with Crippen LogP contribution in [0.2, 0.25) is 0 Å². The van der Waals surface area contributed by atoms with Crippen molar-refractivity contribution in [2.24, 2.45) is 0 Å². The first-order valence-corrected chi connectivity index (χ1v) is 6.99. The summed E-state index contributed by atoms with van der Waals surface area (Å²) in [5, 5.41) is 16.9. The number of non-ortho nitro benzene ring substituents is 1. The molecule has 0 bridgehead atoms. The molecule has 0 radical (unpaired) electrons. The molecular formula is C15H15N3O4S. The van der Waals surface area contributed by atoms with Crippen molar-refractivity contribution in [3.63, 3.8) is 0 Å². The first-order chi connectivity index (χ1) is 11.0. The summed E-state index contributed by atoms with van der Waals surface area (Å²) in [6, 6.07) is 11.3. The van der Waals surface area contributed by atoms with E-state index in [-0.39, 0.29) is 5.69 Å². The fourth-order valence-corrected chi connectivity index (χ4v) is 2.08. The first kappa shape index (κ1) is 16.5. The molecule has 2 N–H and O–H groups in total. The Morgan fingerprint density at radius 2 is 1.78 bits per heavy atom. The van der Waals surface area contributed by atoms with Gasteiger partial charge in [-0.3, -0.25) is 10.1 Å². The van der Waals surface area contributed by atoms with E-state index in [1.165, 1.54) is 12.1 Å². The third-order valence-corrected chi connectivity index (χ3v) is 3.20. The number of hydrogen-bond acceptors (Lipinski definition) is 5. The van der Waals surface area contributed by atoms with Gasteiger partial charge in [0.05, 0.1) is 24.8 Å². The Balaban J connectivity index is 2.06. The van der Waals surface area contributed by atoms with E-state index in [0.717, 1.165) is 0 Å². The van der Waals surface area contributed by atoms with Crippen LogP contribution < -0.4 is 20.1 Å². The van der Waals surface area contributed by atoms with E-state index in [9.17, 15) is 10.1 Å². The normalized spacial score (nSPS) is 9.83. The van der Waals surface area contributed by atoms with Gasteiger partial charge in [-0.1, -0.05) is 0 Å². The summed E-state index contributed by atoms with van der Waals surface area (Å²) in [6.07, 6.45) is 0. The Labute approximate surface area is 138 Å². The average molecular weight is 333 g/mol. The van der Waals surface area contributed by atoms with Crippen LogP contribution in [0, 0.1) is 10.1 Å². The third-order valence-electron chi connectivity index (χ3n) is 2.99. The highest BCUT2D eigenvalue weighted by Gasteiger charge is 2.08. The van der Waals surface area contributed by atoms with Crippen molar-refractivity contribution in [3.05, 3.63) is 52.6 Å². The lowest BCUT2D eigenvalue weighted by molar-refractivity contribution is -0.384. The van der Waals surface area contributed by atoms with Gasteiger partial charge in [-0.15, -0.1) is 0 Å². The van der Waals surface area contributed by atoms with Crippen LogP contribution in [-0.2, 0) is 0 Å². The van der Waals surface area contributed by atoms with Gasteiger partial charge in [0.25, 0.3) is 5.69 Å². The van der Waals surface area contributed by atoms with Gasteiger partial charge in [0.15, 0.2) is 5.11 Å². The number of hydrogen-bond donors (Lipinski definition) is 2. The first-order valence-electron chi connectivity index (χ1n) is 6.58. The zero-order valence-electron chi connectivity index (χ0n) is 12.5. The molecule has 0 saturated heterocycles. The maximum Gasteiger partial charge on any atom is 0.269 e. The molecule has 0 heterocycles. The van der Waals surface area contributed by atoms with E-state index in [4.69, 9.17) is 21.7 Å². The second-order valence-electron chi connectivity index (χ2n) is 4.45. The topological polar surface area (TPSA) is 85.7 Å². The van der Waals surface area contributed by atoms with Crippen LogP contribution in [0.4, 0.5) is 17.1 Å². The summed E-state index contributed by atoms with van der Waals surface area (Å²) >= 11 is 5.23. The van der Waals surface area contributed by atoms with E-state index in [2.05, 4.69) is 10.6 Å². The van der Waals surface area contributed by atoms with Crippen LogP contribution in [0.25, 0.3) is 0 Å². The molecule has 7 nitrogen and oxygen atoms in total. The number of nitro groups is 1. The number of nitro benzene ring substituents is 1. The van der Waals surface area contributed by atoms with Gasteiger partial charge in [-0.25, -0.2) is 0 Å². The van der Waals surface area contributed by atoms with E-state index < -0.39 is 4.92 Å². The summed E-state index contributed by atoms with van der Waals surface area (Å²) in [7, 11) is 3.12. The van der Waals surface area contributed by atoms with Gasteiger partial charge in [0.1, 0.15) is 11.5 Å². The molecule has 0 atom stereocenters. The van der Waals surface area contributed by atoms with Crippen molar-refractivity contribution in [1.29, 1.82) is 0 Å². The van der Waals surface area contributed by atoms with Gasteiger partial charge in [0, 0.05) is 23.9 Å². The lowest BCUT2D eigenvalue weighted by atomic mass is 10.2. The third kappa shape index (κ3) is 4.30. The van der Waals surface area contributed by atoms with Crippen molar-refractivity contribution in [3.8, 4) is 11.5 Å². The van der Waals surface area contributed by atoms with Gasteiger partial charge in [0.2, 0.25) is 0 Å². The summed E-state index contributed by atoms with van der Waals surface area (Å²) < 4.78 is 10.4.